The van der Waals surface area contributed by atoms with Gasteiger partial charge in [-0.05, 0) is 39.0 Å². The zero-order valence-electron chi connectivity index (χ0n) is 12.7. The van der Waals surface area contributed by atoms with E-state index < -0.39 is 15.6 Å². The summed E-state index contributed by atoms with van der Waals surface area (Å²) in [5.41, 5.74) is 0.125. The maximum absolute atomic E-state index is 11.9. The van der Waals surface area contributed by atoms with E-state index in [1.54, 1.807) is 32.9 Å². The lowest BCUT2D eigenvalue weighted by Gasteiger charge is -2.33. The van der Waals surface area contributed by atoms with Gasteiger partial charge in [-0.2, -0.15) is 4.31 Å². The van der Waals surface area contributed by atoms with Crippen LogP contribution in [0.15, 0.2) is 28.7 Å². The Morgan fingerprint density at radius 1 is 1.33 bits per heavy atom. The quantitative estimate of drug-likeness (QED) is 0.858. The predicted molar refractivity (Wildman–Crippen MR) is 88.7 cm³/mol. The van der Waals surface area contributed by atoms with Crippen LogP contribution < -0.4 is 5.32 Å². The monoisotopic (exact) mass is 376 g/mol. The summed E-state index contributed by atoms with van der Waals surface area (Å²) in [6.07, 6.45) is 1.27. The molecule has 0 aliphatic heterocycles. The van der Waals surface area contributed by atoms with E-state index in [0.717, 1.165) is 10.7 Å². The van der Waals surface area contributed by atoms with E-state index in [9.17, 15) is 13.2 Å². The Balaban J connectivity index is 2.67. The fourth-order valence-electron chi connectivity index (χ4n) is 1.99. The molecule has 1 aromatic carbocycles. The van der Waals surface area contributed by atoms with Gasteiger partial charge in [-0.1, -0.05) is 22.0 Å². The van der Waals surface area contributed by atoms with Crippen molar-refractivity contribution in [1.29, 1.82) is 0 Å². The summed E-state index contributed by atoms with van der Waals surface area (Å²) in [4.78, 5) is 11.9. The Morgan fingerprint density at radius 3 is 2.43 bits per heavy atom. The van der Waals surface area contributed by atoms with Crippen molar-refractivity contribution in [1.82, 2.24) is 4.31 Å². The zero-order valence-corrected chi connectivity index (χ0v) is 15.1. The molecule has 0 aliphatic carbocycles. The van der Waals surface area contributed by atoms with E-state index in [4.69, 9.17) is 0 Å². The molecule has 0 fully saturated rings. The largest absolute Gasteiger partial charge is 0.326 e. The van der Waals surface area contributed by atoms with Gasteiger partial charge in [0, 0.05) is 28.7 Å². The summed E-state index contributed by atoms with van der Waals surface area (Å²) < 4.78 is 25.8. The maximum atomic E-state index is 11.9. The smallest absolute Gasteiger partial charge is 0.225 e. The number of carbonyl (C=O) groups excluding carboxylic acids is 1. The van der Waals surface area contributed by atoms with Gasteiger partial charge in [0.25, 0.3) is 0 Å². The molecule has 1 aromatic rings. The average molecular weight is 377 g/mol. The highest BCUT2D eigenvalue weighted by molar-refractivity contribution is 9.10. The third kappa shape index (κ3) is 6.15. The van der Waals surface area contributed by atoms with Crippen LogP contribution in [-0.4, -0.2) is 37.0 Å². The van der Waals surface area contributed by atoms with Gasteiger partial charge in [-0.3, -0.25) is 4.79 Å². The fourth-order valence-corrected chi connectivity index (χ4v) is 3.81. The molecule has 118 valence electrons. The van der Waals surface area contributed by atoms with Crippen LogP contribution in [0.1, 0.15) is 27.2 Å². The van der Waals surface area contributed by atoms with Gasteiger partial charge in [0.1, 0.15) is 0 Å². The molecule has 0 heterocycles. The molecule has 0 radical (unpaired) electrons. The van der Waals surface area contributed by atoms with Crippen molar-refractivity contribution in [3.63, 3.8) is 0 Å². The summed E-state index contributed by atoms with van der Waals surface area (Å²) in [5, 5.41) is 2.75. The molecule has 0 saturated carbocycles. The standard InChI is InChI=1S/C14H21BrN2O3S/c1-14(2,3)17(21(4,19)20)9-8-13(18)16-12-7-5-6-11(15)10-12/h5-7,10H,8-9H2,1-4H3,(H,16,18). The summed E-state index contributed by atoms with van der Waals surface area (Å²) in [6.45, 7) is 5.57. The first-order valence-corrected chi connectivity index (χ1v) is 9.17. The molecule has 0 aromatic heterocycles. The average Bonchev–Trinajstić information content (AvgIpc) is 2.24. The van der Waals surface area contributed by atoms with Crippen molar-refractivity contribution >= 4 is 37.5 Å². The number of carbonyl (C=O) groups is 1. The molecule has 0 spiro atoms. The molecule has 7 heteroatoms. The predicted octanol–water partition coefficient (Wildman–Crippen LogP) is 2.84. The van der Waals surface area contributed by atoms with Crippen LogP contribution in [0.4, 0.5) is 5.69 Å². The molecule has 0 unspecified atom stereocenters. The van der Waals surface area contributed by atoms with Crippen LogP contribution in [0.2, 0.25) is 0 Å². The number of hydrogen-bond acceptors (Lipinski definition) is 3. The topological polar surface area (TPSA) is 66.5 Å². The number of hydrogen-bond donors (Lipinski definition) is 1. The van der Waals surface area contributed by atoms with Crippen molar-refractivity contribution < 1.29 is 13.2 Å². The van der Waals surface area contributed by atoms with E-state index in [0.29, 0.717) is 5.69 Å². The van der Waals surface area contributed by atoms with Crippen molar-refractivity contribution in [2.24, 2.45) is 0 Å². The lowest BCUT2D eigenvalue weighted by atomic mass is 10.1. The first-order chi connectivity index (χ1) is 9.50. The molecule has 1 rings (SSSR count). The third-order valence-electron chi connectivity index (χ3n) is 2.80. The van der Waals surface area contributed by atoms with Gasteiger partial charge in [0.15, 0.2) is 0 Å². The zero-order chi connectivity index (χ0) is 16.3. The van der Waals surface area contributed by atoms with Crippen LogP contribution in [0, 0.1) is 0 Å². The second-order valence-electron chi connectivity index (χ2n) is 5.81. The highest BCUT2D eigenvalue weighted by atomic mass is 79.9. The van der Waals surface area contributed by atoms with Gasteiger partial charge in [0.05, 0.1) is 6.26 Å². The van der Waals surface area contributed by atoms with Gasteiger partial charge in [-0.15, -0.1) is 0 Å². The van der Waals surface area contributed by atoms with Crippen LogP contribution in [-0.2, 0) is 14.8 Å². The van der Waals surface area contributed by atoms with Crippen LogP contribution in [0.5, 0.6) is 0 Å². The van der Waals surface area contributed by atoms with Gasteiger partial charge >= 0.3 is 0 Å². The molecule has 21 heavy (non-hydrogen) atoms. The molecule has 1 amide bonds. The lowest BCUT2D eigenvalue weighted by Crippen LogP contribution is -2.46. The minimum Gasteiger partial charge on any atom is -0.326 e. The maximum Gasteiger partial charge on any atom is 0.225 e. The van der Waals surface area contributed by atoms with E-state index in [2.05, 4.69) is 21.2 Å². The summed E-state index contributed by atoms with van der Waals surface area (Å²) in [6, 6.07) is 7.25. The highest BCUT2D eigenvalue weighted by Gasteiger charge is 2.29. The molecule has 0 atom stereocenters. The van der Waals surface area contributed by atoms with Gasteiger partial charge in [0.2, 0.25) is 15.9 Å². The Kier molecular flexibility index (Phi) is 5.95. The van der Waals surface area contributed by atoms with Gasteiger partial charge < -0.3 is 5.32 Å². The number of nitrogens with one attached hydrogen (secondary N) is 1. The molecular weight excluding hydrogens is 356 g/mol. The molecule has 0 bridgehead atoms. The molecule has 5 nitrogen and oxygen atoms in total. The number of anilines is 1. The fraction of sp³-hybridized carbons (Fsp3) is 0.500. The molecule has 0 saturated heterocycles. The van der Waals surface area contributed by atoms with Crippen LogP contribution >= 0.6 is 15.9 Å². The minimum atomic E-state index is -3.35. The highest BCUT2D eigenvalue weighted by Crippen LogP contribution is 2.19. The van der Waals surface area contributed by atoms with Crippen LogP contribution in [0.25, 0.3) is 0 Å². The molecule has 0 aliphatic rings. The van der Waals surface area contributed by atoms with E-state index in [1.807, 2.05) is 12.1 Å². The molecular formula is C14H21BrN2O3S. The summed E-state index contributed by atoms with van der Waals surface area (Å²) >= 11 is 3.33. The van der Waals surface area contributed by atoms with Gasteiger partial charge in [-0.25, -0.2) is 8.42 Å². The van der Waals surface area contributed by atoms with E-state index >= 15 is 0 Å². The Morgan fingerprint density at radius 2 is 1.95 bits per heavy atom. The van der Waals surface area contributed by atoms with E-state index in [1.165, 1.54) is 4.31 Å². The Labute approximate surface area is 134 Å². The Hall–Kier alpha value is -0.920. The van der Waals surface area contributed by atoms with Crippen molar-refractivity contribution in [3.8, 4) is 0 Å². The van der Waals surface area contributed by atoms with Crippen LogP contribution in [0.3, 0.4) is 0 Å². The number of rotatable bonds is 5. The first-order valence-electron chi connectivity index (χ1n) is 6.53. The lowest BCUT2D eigenvalue weighted by molar-refractivity contribution is -0.116. The SMILES string of the molecule is CC(C)(C)N(CCC(=O)Nc1cccc(Br)c1)S(C)(=O)=O. The summed E-state index contributed by atoms with van der Waals surface area (Å²) in [7, 11) is -3.35. The third-order valence-corrected chi connectivity index (χ3v) is 4.82. The summed E-state index contributed by atoms with van der Waals surface area (Å²) in [5.74, 6) is -0.217. The minimum absolute atomic E-state index is 0.108. The van der Waals surface area contributed by atoms with Crippen molar-refractivity contribution in [3.05, 3.63) is 28.7 Å². The van der Waals surface area contributed by atoms with Crippen molar-refractivity contribution in [2.75, 3.05) is 18.1 Å². The number of nitrogens with zero attached hydrogens (tertiary/aromatic N) is 1. The Bertz CT molecular complexity index is 609. The number of benzene rings is 1. The second-order valence-corrected chi connectivity index (χ2v) is 8.64. The van der Waals surface area contributed by atoms with E-state index in [-0.39, 0.29) is 18.9 Å². The second kappa shape index (κ2) is 6.89. The number of sulfonamides is 1. The number of amides is 1. The normalized spacial score (nSPS) is 12.5. The van der Waals surface area contributed by atoms with Crippen molar-refractivity contribution in [2.45, 2.75) is 32.7 Å². The first kappa shape index (κ1) is 18.1. The molecule has 1 N–H and O–H groups in total. The number of halogens is 1.